The average Bonchev–Trinajstić information content (AvgIpc) is 2.88. The first-order chi connectivity index (χ1) is 12.8. The summed E-state index contributed by atoms with van der Waals surface area (Å²) >= 11 is 0. The van der Waals surface area contributed by atoms with Gasteiger partial charge in [0.15, 0.2) is 18.5 Å². The summed E-state index contributed by atoms with van der Waals surface area (Å²) in [5.41, 5.74) is 0. The molecule has 0 amide bonds. The minimum Gasteiger partial charge on any atom is -0.463 e. The molecule has 0 aromatic rings. The fourth-order valence-electron chi connectivity index (χ4n) is 2.53. The van der Waals surface area contributed by atoms with Crippen LogP contribution in [0.3, 0.4) is 0 Å². The van der Waals surface area contributed by atoms with E-state index in [2.05, 4.69) is 6.58 Å². The fourth-order valence-corrected chi connectivity index (χ4v) is 2.53. The molecule has 0 aromatic carbocycles. The molecule has 1 fully saturated rings. The zero-order chi connectivity index (χ0) is 20.2. The predicted octanol–water partition coefficient (Wildman–Crippen LogP) is 2.07. The summed E-state index contributed by atoms with van der Waals surface area (Å²) in [5, 5.41) is 0. The Kier molecular flexibility index (Phi) is 10.4. The number of carbonyl (C=O) groups is 3. The highest BCUT2D eigenvalue weighted by atomic mass is 16.7. The molecule has 1 heterocycles. The lowest BCUT2D eigenvalue weighted by atomic mass is 10.1. The molecule has 0 unspecified atom stereocenters. The van der Waals surface area contributed by atoms with Crippen molar-refractivity contribution in [2.24, 2.45) is 0 Å². The van der Waals surface area contributed by atoms with E-state index in [1.54, 1.807) is 0 Å². The molecule has 27 heavy (non-hydrogen) atoms. The molecule has 8 nitrogen and oxygen atoms in total. The number of hydrogen-bond donors (Lipinski definition) is 0. The van der Waals surface area contributed by atoms with Gasteiger partial charge < -0.3 is 23.7 Å². The molecule has 152 valence electrons. The third-order valence-electron chi connectivity index (χ3n) is 3.62. The number of ether oxygens (including phenoxy) is 5. The van der Waals surface area contributed by atoms with Gasteiger partial charge in [-0.15, -0.1) is 6.58 Å². The lowest BCUT2D eigenvalue weighted by Gasteiger charge is -2.23. The van der Waals surface area contributed by atoms with Gasteiger partial charge in [-0.1, -0.05) is 18.2 Å². The monoisotopic (exact) mass is 384 g/mol. The van der Waals surface area contributed by atoms with Crippen LogP contribution in [-0.4, -0.2) is 55.7 Å². The summed E-state index contributed by atoms with van der Waals surface area (Å²) in [7, 11) is 0. The molecule has 0 aliphatic carbocycles. The first kappa shape index (κ1) is 22.9. The van der Waals surface area contributed by atoms with Crippen LogP contribution in [0.1, 0.15) is 40.0 Å². The maximum Gasteiger partial charge on any atom is 0.303 e. The van der Waals surface area contributed by atoms with Gasteiger partial charge in [0.1, 0.15) is 12.7 Å². The number of allylic oxidation sites excluding steroid dienone is 2. The van der Waals surface area contributed by atoms with E-state index in [1.165, 1.54) is 20.8 Å². The molecule has 0 radical (unpaired) electrons. The normalized spacial score (nSPS) is 24.6. The first-order valence-electron chi connectivity index (χ1n) is 8.86. The Hall–Kier alpha value is -2.19. The topological polar surface area (TPSA) is 97.4 Å². The quantitative estimate of drug-likeness (QED) is 0.231. The van der Waals surface area contributed by atoms with Crippen LogP contribution < -0.4 is 0 Å². The highest BCUT2D eigenvalue weighted by Crippen LogP contribution is 2.28. The Labute approximate surface area is 159 Å². The largest absolute Gasteiger partial charge is 0.463 e. The van der Waals surface area contributed by atoms with E-state index in [4.69, 9.17) is 23.7 Å². The van der Waals surface area contributed by atoms with E-state index >= 15 is 0 Å². The summed E-state index contributed by atoms with van der Waals surface area (Å²) in [6, 6.07) is 0. The van der Waals surface area contributed by atoms with Gasteiger partial charge in [-0.2, -0.15) is 0 Å². The Morgan fingerprint density at radius 3 is 2.22 bits per heavy atom. The maximum absolute atomic E-state index is 11.4. The lowest BCUT2D eigenvalue weighted by molar-refractivity contribution is -0.186. The number of unbranched alkanes of at least 4 members (excludes halogenated alkanes) is 2. The Morgan fingerprint density at radius 2 is 1.63 bits per heavy atom. The zero-order valence-electron chi connectivity index (χ0n) is 16.1. The van der Waals surface area contributed by atoms with Gasteiger partial charge in [0, 0.05) is 20.8 Å². The fraction of sp³-hybridized carbons (Fsp3) is 0.632. The SMILES string of the molecule is C=CCCC/C=C/CO[C@@H]1O[C@@H](COC(C)=O)[C@H](OC(C)=O)[C@H]1OC(C)=O. The first-order valence-corrected chi connectivity index (χ1v) is 8.86. The van der Waals surface area contributed by atoms with Crippen molar-refractivity contribution in [3.05, 3.63) is 24.8 Å². The van der Waals surface area contributed by atoms with Crippen LogP contribution in [0.4, 0.5) is 0 Å². The van der Waals surface area contributed by atoms with Crippen LogP contribution in [0.15, 0.2) is 24.8 Å². The Morgan fingerprint density at radius 1 is 0.963 bits per heavy atom. The second-order valence-electron chi connectivity index (χ2n) is 6.02. The third-order valence-corrected chi connectivity index (χ3v) is 3.62. The summed E-state index contributed by atoms with van der Waals surface area (Å²) in [5.74, 6) is -1.64. The van der Waals surface area contributed by atoms with E-state index in [-0.39, 0.29) is 13.2 Å². The second-order valence-corrected chi connectivity index (χ2v) is 6.02. The van der Waals surface area contributed by atoms with E-state index < -0.39 is 42.5 Å². The third kappa shape index (κ3) is 8.83. The molecule has 1 rings (SSSR count). The van der Waals surface area contributed by atoms with Crippen molar-refractivity contribution in [1.29, 1.82) is 0 Å². The van der Waals surface area contributed by atoms with Gasteiger partial charge in [0.25, 0.3) is 0 Å². The molecule has 0 bridgehead atoms. The Bertz CT molecular complexity index is 542. The molecule has 0 N–H and O–H groups in total. The van der Waals surface area contributed by atoms with E-state index in [1.807, 2.05) is 18.2 Å². The number of rotatable bonds is 11. The summed E-state index contributed by atoms with van der Waals surface area (Å²) < 4.78 is 26.7. The lowest BCUT2D eigenvalue weighted by Crippen LogP contribution is -2.41. The van der Waals surface area contributed by atoms with Gasteiger partial charge in [0.05, 0.1) is 6.61 Å². The average molecular weight is 384 g/mol. The molecule has 4 atom stereocenters. The molecule has 1 aliphatic rings. The van der Waals surface area contributed by atoms with Gasteiger partial charge in [-0.05, 0) is 19.3 Å². The van der Waals surface area contributed by atoms with Crippen molar-refractivity contribution in [3.63, 3.8) is 0 Å². The van der Waals surface area contributed by atoms with E-state index in [0.29, 0.717) is 0 Å². The molecular formula is C19H28O8. The summed E-state index contributed by atoms with van der Waals surface area (Å²) in [6.45, 7) is 7.46. The van der Waals surface area contributed by atoms with Gasteiger partial charge >= 0.3 is 17.9 Å². The molecule has 8 heteroatoms. The zero-order valence-corrected chi connectivity index (χ0v) is 16.1. The van der Waals surface area contributed by atoms with Crippen LogP contribution in [0.5, 0.6) is 0 Å². The minimum atomic E-state index is -0.957. The van der Waals surface area contributed by atoms with E-state index in [0.717, 1.165) is 19.3 Å². The molecule has 1 saturated heterocycles. The molecular weight excluding hydrogens is 356 g/mol. The second kappa shape index (κ2) is 12.2. The number of carbonyl (C=O) groups excluding carboxylic acids is 3. The number of hydrogen-bond acceptors (Lipinski definition) is 8. The van der Waals surface area contributed by atoms with Crippen LogP contribution in [0.25, 0.3) is 0 Å². The standard InChI is InChI=1S/C19H28O8/c1-5-6-7-8-9-10-11-23-19-18(26-15(4)22)17(25-14(3)21)16(27-19)12-24-13(2)20/h5,9-10,16-19H,1,6-8,11-12H2,2-4H3/b10-9+/t16-,17-,18+,19+/m0/s1. The van der Waals surface area contributed by atoms with Crippen molar-refractivity contribution in [3.8, 4) is 0 Å². The highest BCUT2D eigenvalue weighted by Gasteiger charge is 2.50. The van der Waals surface area contributed by atoms with Crippen LogP contribution in [-0.2, 0) is 38.1 Å². The molecule has 0 saturated carbocycles. The van der Waals surface area contributed by atoms with Gasteiger partial charge in [0.2, 0.25) is 0 Å². The van der Waals surface area contributed by atoms with Crippen molar-refractivity contribution in [2.75, 3.05) is 13.2 Å². The van der Waals surface area contributed by atoms with Crippen LogP contribution in [0, 0.1) is 0 Å². The van der Waals surface area contributed by atoms with Crippen molar-refractivity contribution >= 4 is 17.9 Å². The highest BCUT2D eigenvalue weighted by molar-refractivity contribution is 5.67. The van der Waals surface area contributed by atoms with Gasteiger partial charge in [-0.3, -0.25) is 14.4 Å². The molecule has 1 aliphatic heterocycles. The van der Waals surface area contributed by atoms with Crippen molar-refractivity contribution < 1.29 is 38.1 Å². The van der Waals surface area contributed by atoms with Crippen molar-refractivity contribution in [1.82, 2.24) is 0 Å². The maximum atomic E-state index is 11.4. The molecule has 0 spiro atoms. The Balaban J connectivity index is 2.73. The van der Waals surface area contributed by atoms with Crippen LogP contribution >= 0.6 is 0 Å². The molecule has 0 aromatic heterocycles. The van der Waals surface area contributed by atoms with E-state index in [9.17, 15) is 14.4 Å². The number of esters is 3. The summed E-state index contributed by atoms with van der Waals surface area (Å²) in [4.78, 5) is 33.9. The van der Waals surface area contributed by atoms with Crippen LogP contribution in [0.2, 0.25) is 0 Å². The smallest absolute Gasteiger partial charge is 0.303 e. The predicted molar refractivity (Wildman–Crippen MR) is 95.5 cm³/mol. The van der Waals surface area contributed by atoms with Gasteiger partial charge in [-0.25, -0.2) is 0 Å². The minimum absolute atomic E-state index is 0.150. The van der Waals surface area contributed by atoms with Crippen molar-refractivity contribution in [2.45, 2.75) is 64.6 Å². The summed E-state index contributed by atoms with van der Waals surface area (Å²) in [6.07, 6.45) is 4.84.